The number of hydrogen-bond donors (Lipinski definition) is 0. The van der Waals surface area contributed by atoms with Gasteiger partial charge in [0.1, 0.15) is 11.5 Å². The van der Waals surface area contributed by atoms with E-state index in [1.165, 1.54) is 0 Å². The third kappa shape index (κ3) is 3.62. The number of carbonyl (C=O) groups excluding carboxylic acids is 1. The van der Waals surface area contributed by atoms with Gasteiger partial charge in [-0.1, -0.05) is 43.3 Å². The molecule has 3 rings (SSSR count). The van der Waals surface area contributed by atoms with Crippen LogP contribution in [0.3, 0.4) is 0 Å². The summed E-state index contributed by atoms with van der Waals surface area (Å²) in [5.41, 5.74) is 3.07. The van der Waals surface area contributed by atoms with Crippen LogP contribution in [0.5, 0.6) is 5.75 Å². The summed E-state index contributed by atoms with van der Waals surface area (Å²) in [7, 11) is 1.65. The fourth-order valence-corrected chi connectivity index (χ4v) is 2.99. The van der Waals surface area contributed by atoms with Crippen molar-refractivity contribution in [3.8, 4) is 5.75 Å². The molecule has 0 radical (unpaired) electrons. The lowest BCUT2D eigenvalue weighted by molar-refractivity contribution is -0.118. The first-order chi connectivity index (χ1) is 11.7. The van der Waals surface area contributed by atoms with Crippen molar-refractivity contribution >= 4 is 16.7 Å². The SMILES string of the molecule is COc1ccc(C(C)CC(=O)Cc2cccc3cccnc23)cc1. The first-order valence-corrected chi connectivity index (χ1v) is 8.15. The van der Waals surface area contributed by atoms with Crippen LogP contribution in [0, 0.1) is 0 Å². The zero-order chi connectivity index (χ0) is 16.9. The van der Waals surface area contributed by atoms with Crippen LogP contribution in [-0.2, 0) is 11.2 Å². The highest BCUT2D eigenvalue weighted by atomic mass is 16.5. The second kappa shape index (κ2) is 7.26. The number of benzene rings is 2. The molecule has 3 heteroatoms. The molecule has 0 aliphatic rings. The first kappa shape index (κ1) is 16.2. The molecule has 3 aromatic rings. The Morgan fingerprint density at radius 3 is 2.58 bits per heavy atom. The highest BCUT2D eigenvalue weighted by Crippen LogP contribution is 2.24. The Bertz CT molecular complexity index is 835. The molecule has 0 amide bonds. The quantitative estimate of drug-likeness (QED) is 0.669. The molecule has 122 valence electrons. The maximum absolute atomic E-state index is 12.5. The van der Waals surface area contributed by atoms with E-state index in [0.717, 1.165) is 27.8 Å². The van der Waals surface area contributed by atoms with Crippen LogP contribution in [0.15, 0.2) is 60.8 Å². The monoisotopic (exact) mass is 319 g/mol. The van der Waals surface area contributed by atoms with E-state index in [1.54, 1.807) is 13.3 Å². The van der Waals surface area contributed by atoms with Crippen LogP contribution in [0.4, 0.5) is 0 Å². The van der Waals surface area contributed by atoms with Gasteiger partial charge in [-0.3, -0.25) is 9.78 Å². The van der Waals surface area contributed by atoms with Gasteiger partial charge in [0.15, 0.2) is 0 Å². The smallest absolute Gasteiger partial charge is 0.137 e. The van der Waals surface area contributed by atoms with E-state index in [1.807, 2.05) is 54.6 Å². The molecule has 0 bridgehead atoms. The van der Waals surface area contributed by atoms with Gasteiger partial charge in [0, 0.05) is 24.4 Å². The molecule has 0 N–H and O–H groups in total. The van der Waals surface area contributed by atoms with Gasteiger partial charge in [-0.15, -0.1) is 0 Å². The minimum Gasteiger partial charge on any atom is -0.497 e. The number of ketones is 1. The molecule has 0 aliphatic heterocycles. The summed E-state index contributed by atoms with van der Waals surface area (Å²) in [6.07, 6.45) is 2.72. The summed E-state index contributed by atoms with van der Waals surface area (Å²) in [5, 5.41) is 1.08. The summed E-state index contributed by atoms with van der Waals surface area (Å²) < 4.78 is 5.18. The van der Waals surface area contributed by atoms with Crippen LogP contribution < -0.4 is 4.74 Å². The Labute approximate surface area is 142 Å². The molecule has 3 nitrogen and oxygen atoms in total. The molecule has 1 heterocycles. The van der Waals surface area contributed by atoms with E-state index in [-0.39, 0.29) is 11.7 Å². The molecule has 1 unspecified atom stereocenters. The van der Waals surface area contributed by atoms with Crippen LogP contribution in [-0.4, -0.2) is 17.9 Å². The molecule has 24 heavy (non-hydrogen) atoms. The van der Waals surface area contributed by atoms with Crippen molar-refractivity contribution in [3.05, 3.63) is 71.9 Å². The molecule has 0 aliphatic carbocycles. The average Bonchev–Trinajstić information content (AvgIpc) is 2.62. The van der Waals surface area contributed by atoms with E-state index < -0.39 is 0 Å². The maximum Gasteiger partial charge on any atom is 0.137 e. The van der Waals surface area contributed by atoms with Crippen LogP contribution in [0.2, 0.25) is 0 Å². The summed E-state index contributed by atoms with van der Waals surface area (Å²) in [6, 6.07) is 17.9. The van der Waals surface area contributed by atoms with Crippen LogP contribution in [0.25, 0.3) is 10.9 Å². The molecule has 2 aromatic carbocycles. The number of ether oxygens (including phenoxy) is 1. The van der Waals surface area contributed by atoms with Crippen molar-refractivity contribution < 1.29 is 9.53 Å². The molecular formula is C21H21NO2. The molecule has 0 saturated heterocycles. The lowest BCUT2D eigenvalue weighted by Gasteiger charge is -2.12. The Morgan fingerprint density at radius 2 is 1.83 bits per heavy atom. The van der Waals surface area contributed by atoms with Gasteiger partial charge in [-0.05, 0) is 35.2 Å². The summed E-state index contributed by atoms with van der Waals surface area (Å²) in [4.78, 5) is 16.9. The Hall–Kier alpha value is -2.68. The third-order valence-corrected chi connectivity index (χ3v) is 4.32. The van der Waals surface area contributed by atoms with E-state index in [2.05, 4.69) is 11.9 Å². The van der Waals surface area contributed by atoms with E-state index in [0.29, 0.717) is 12.8 Å². The predicted octanol–water partition coefficient (Wildman–Crippen LogP) is 4.55. The Kier molecular flexibility index (Phi) is 4.90. The fraction of sp³-hybridized carbons (Fsp3) is 0.238. The number of pyridine rings is 1. The van der Waals surface area contributed by atoms with E-state index >= 15 is 0 Å². The Balaban J connectivity index is 1.70. The normalized spacial score (nSPS) is 12.1. The number of rotatable bonds is 6. The number of fused-ring (bicyclic) bond motifs is 1. The van der Waals surface area contributed by atoms with Gasteiger partial charge in [0.25, 0.3) is 0 Å². The van der Waals surface area contributed by atoms with Crippen molar-refractivity contribution in [1.82, 2.24) is 4.98 Å². The van der Waals surface area contributed by atoms with Crippen molar-refractivity contribution in [2.75, 3.05) is 7.11 Å². The largest absolute Gasteiger partial charge is 0.497 e. The minimum absolute atomic E-state index is 0.186. The summed E-state index contributed by atoms with van der Waals surface area (Å²) in [5.74, 6) is 1.25. The van der Waals surface area contributed by atoms with Gasteiger partial charge in [0.2, 0.25) is 0 Å². The zero-order valence-electron chi connectivity index (χ0n) is 14.0. The second-order valence-electron chi connectivity index (χ2n) is 6.09. The van der Waals surface area contributed by atoms with E-state index in [4.69, 9.17) is 4.74 Å². The number of methoxy groups -OCH3 is 1. The first-order valence-electron chi connectivity index (χ1n) is 8.15. The van der Waals surface area contributed by atoms with Gasteiger partial charge in [-0.25, -0.2) is 0 Å². The lowest BCUT2D eigenvalue weighted by Crippen LogP contribution is -2.08. The second-order valence-corrected chi connectivity index (χ2v) is 6.09. The lowest BCUT2D eigenvalue weighted by atomic mass is 9.93. The average molecular weight is 319 g/mol. The molecule has 0 spiro atoms. The highest BCUT2D eigenvalue weighted by Gasteiger charge is 2.13. The van der Waals surface area contributed by atoms with Gasteiger partial charge in [-0.2, -0.15) is 0 Å². The molecule has 1 aromatic heterocycles. The van der Waals surface area contributed by atoms with Crippen molar-refractivity contribution in [1.29, 1.82) is 0 Å². The predicted molar refractivity (Wildman–Crippen MR) is 96.5 cm³/mol. The fourth-order valence-electron chi connectivity index (χ4n) is 2.99. The zero-order valence-corrected chi connectivity index (χ0v) is 14.0. The number of hydrogen-bond acceptors (Lipinski definition) is 3. The molecule has 0 fully saturated rings. The van der Waals surface area contributed by atoms with Crippen LogP contribution >= 0.6 is 0 Å². The van der Waals surface area contributed by atoms with Gasteiger partial charge < -0.3 is 4.74 Å². The standard InChI is InChI=1S/C21H21NO2/c1-15(16-8-10-20(24-2)11-9-16)13-19(23)14-18-6-3-5-17-7-4-12-22-21(17)18/h3-12,15H,13-14H2,1-2H3. The maximum atomic E-state index is 12.5. The van der Waals surface area contributed by atoms with Crippen molar-refractivity contribution in [3.63, 3.8) is 0 Å². The number of aromatic nitrogens is 1. The molecule has 1 atom stereocenters. The third-order valence-electron chi connectivity index (χ3n) is 4.32. The Morgan fingerprint density at radius 1 is 1.08 bits per heavy atom. The number of Topliss-reactive ketones (excluding diaryl/α,β-unsaturated/α-hetero) is 1. The molecule has 0 saturated carbocycles. The topological polar surface area (TPSA) is 39.2 Å². The minimum atomic E-state index is 0.186. The number of carbonyl (C=O) groups is 1. The van der Waals surface area contributed by atoms with Gasteiger partial charge in [0.05, 0.1) is 12.6 Å². The van der Waals surface area contributed by atoms with Crippen LogP contribution in [0.1, 0.15) is 30.4 Å². The van der Waals surface area contributed by atoms with Crippen molar-refractivity contribution in [2.45, 2.75) is 25.7 Å². The highest BCUT2D eigenvalue weighted by molar-refractivity contribution is 5.88. The van der Waals surface area contributed by atoms with Crippen molar-refractivity contribution in [2.24, 2.45) is 0 Å². The summed E-state index contributed by atoms with van der Waals surface area (Å²) in [6.45, 7) is 2.08. The number of nitrogens with zero attached hydrogens (tertiary/aromatic N) is 1. The number of para-hydroxylation sites is 1. The van der Waals surface area contributed by atoms with E-state index in [9.17, 15) is 4.79 Å². The summed E-state index contributed by atoms with van der Waals surface area (Å²) >= 11 is 0. The molecular weight excluding hydrogens is 298 g/mol. The van der Waals surface area contributed by atoms with Gasteiger partial charge >= 0.3 is 0 Å².